The van der Waals surface area contributed by atoms with E-state index in [-0.39, 0.29) is 11.8 Å². The van der Waals surface area contributed by atoms with Crippen LogP contribution in [-0.2, 0) is 22.6 Å². The Morgan fingerprint density at radius 2 is 2.11 bits per heavy atom. The third-order valence-electron chi connectivity index (χ3n) is 4.45. The van der Waals surface area contributed by atoms with Gasteiger partial charge in [-0.15, -0.1) is 11.3 Å². The van der Waals surface area contributed by atoms with Crippen LogP contribution in [0.15, 0.2) is 36.4 Å². The first-order chi connectivity index (χ1) is 13.1. The zero-order chi connectivity index (χ0) is 19.2. The molecular formula is C21H21N3O2S. The number of nitrogens with zero attached hydrogens (tertiary/aromatic N) is 2. The van der Waals surface area contributed by atoms with Crippen LogP contribution in [-0.4, -0.2) is 23.3 Å². The first kappa shape index (κ1) is 18.9. The first-order valence-corrected chi connectivity index (χ1v) is 9.80. The Kier molecular flexibility index (Phi) is 6.05. The Hall–Kier alpha value is -2.91. The highest BCUT2D eigenvalue weighted by Gasteiger charge is 2.26. The lowest BCUT2D eigenvalue weighted by atomic mass is 10.0. The number of fused-ring (bicyclic) bond motifs is 1. The lowest BCUT2D eigenvalue weighted by molar-refractivity contribution is -0.132. The van der Waals surface area contributed by atoms with Crippen LogP contribution in [0.3, 0.4) is 0 Å². The molecule has 5 nitrogen and oxygen atoms in total. The molecule has 138 valence electrons. The molecule has 0 saturated carbocycles. The second-order valence-electron chi connectivity index (χ2n) is 6.37. The summed E-state index contributed by atoms with van der Waals surface area (Å²) in [5.41, 5.74) is 2.42. The summed E-state index contributed by atoms with van der Waals surface area (Å²) in [5, 5.41) is 12.9. The number of thiophene rings is 1. The number of nitrogens with one attached hydrogen (secondary N) is 1. The van der Waals surface area contributed by atoms with Crippen LogP contribution < -0.4 is 5.32 Å². The second kappa shape index (κ2) is 8.65. The smallest absolute Gasteiger partial charge is 0.249 e. The van der Waals surface area contributed by atoms with Crippen molar-refractivity contribution >= 4 is 34.2 Å². The molecule has 1 aromatic carbocycles. The summed E-state index contributed by atoms with van der Waals surface area (Å²) < 4.78 is 0. The minimum Gasteiger partial charge on any atom is -0.337 e. The monoisotopic (exact) mass is 379 g/mol. The SMILES string of the molecule is CCCC(=O)N1CCc2c(sc(NC(=O)/C=C/c3ccccc3)c2C#N)C1. The maximum absolute atomic E-state index is 12.3. The van der Waals surface area contributed by atoms with Crippen LogP contribution in [0, 0.1) is 11.3 Å². The van der Waals surface area contributed by atoms with Crippen LogP contribution >= 0.6 is 11.3 Å². The number of benzene rings is 1. The van der Waals surface area contributed by atoms with E-state index in [2.05, 4.69) is 11.4 Å². The average Bonchev–Trinajstić information content (AvgIpc) is 3.03. The molecule has 6 heteroatoms. The average molecular weight is 379 g/mol. The van der Waals surface area contributed by atoms with Gasteiger partial charge >= 0.3 is 0 Å². The maximum atomic E-state index is 12.3. The fraction of sp³-hybridized carbons (Fsp3) is 0.286. The number of carbonyl (C=O) groups excluding carboxylic acids is 2. The number of rotatable bonds is 5. The van der Waals surface area contributed by atoms with Crippen molar-refractivity contribution in [2.24, 2.45) is 0 Å². The van der Waals surface area contributed by atoms with Crippen LogP contribution in [0.1, 0.15) is 41.3 Å². The molecule has 27 heavy (non-hydrogen) atoms. The Bertz CT molecular complexity index is 909. The molecule has 1 aliphatic rings. The zero-order valence-corrected chi connectivity index (χ0v) is 16.0. The van der Waals surface area contributed by atoms with Gasteiger partial charge in [-0.1, -0.05) is 37.3 Å². The number of hydrogen-bond donors (Lipinski definition) is 1. The Balaban J connectivity index is 1.74. The van der Waals surface area contributed by atoms with E-state index in [1.165, 1.54) is 17.4 Å². The van der Waals surface area contributed by atoms with Gasteiger partial charge < -0.3 is 10.2 Å². The second-order valence-corrected chi connectivity index (χ2v) is 7.47. The fourth-order valence-corrected chi connectivity index (χ4v) is 4.30. The van der Waals surface area contributed by atoms with E-state index in [0.717, 1.165) is 22.4 Å². The van der Waals surface area contributed by atoms with Crippen molar-refractivity contribution < 1.29 is 9.59 Å². The Morgan fingerprint density at radius 3 is 2.81 bits per heavy atom. The van der Waals surface area contributed by atoms with Gasteiger partial charge in [-0.25, -0.2) is 0 Å². The van der Waals surface area contributed by atoms with Gasteiger partial charge in [-0.2, -0.15) is 5.26 Å². The van der Waals surface area contributed by atoms with Crippen LogP contribution in [0.2, 0.25) is 0 Å². The van der Waals surface area contributed by atoms with Crippen molar-refractivity contribution in [1.82, 2.24) is 4.90 Å². The summed E-state index contributed by atoms with van der Waals surface area (Å²) in [6.07, 6.45) is 5.22. The summed E-state index contributed by atoms with van der Waals surface area (Å²) in [7, 11) is 0. The molecule has 0 bridgehead atoms. The highest BCUT2D eigenvalue weighted by Crippen LogP contribution is 2.36. The van der Waals surface area contributed by atoms with E-state index < -0.39 is 0 Å². The van der Waals surface area contributed by atoms with Crippen LogP contribution in [0.5, 0.6) is 0 Å². The molecule has 0 saturated heterocycles. The van der Waals surface area contributed by atoms with Gasteiger partial charge in [0.05, 0.1) is 12.1 Å². The van der Waals surface area contributed by atoms with Crippen molar-refractivity contribution in [2.45, 2.75) is 32.7 Å². The normalized spacial score (nSPS) is 13.3. The molecular weight excluding hydrogens is 358 g/mol. The summed E-state index contributed by atoms with van der Waals surface area (Å²) in [4.78, 5) is 27.2. The molecule has 0 atom stereocenters. The summed E-state index contributed by atoms with van der Waals surface area (Å²) in [6.45, 7) is 3.13. The number of amides is 2. The van der Waals surface area contributed by atoms with Crippen molar-refractivity contribution in [1.29, 1.82) is 5.26 Å². The quantitative estimate of drug-likeness (QED) is 0.799. The molecule has 1 aromatic heterocycles. The van der Waals surface area contributed by atoms with Crippen molar-refractivity contribution in [3.05, 3.63) is 58.0 Å². The lowest BCUT2D eigenvalue weighted by Crippen LogP contribution is -2.35. The predicted molar refractivity (Wildman–Crippen MR) is 107 cm³/mol. The molecule has 2 amide bonds. The zero-order valence-electron chi connectivity index (χ0n) is 15.2. The van der Waals surface area contributed by atoms with Gasteiger partial charge in [0.1, 0.15) is 11.1 Å². The molecule has 0 spiro atoms. The first-order valence-electron chi connectivity index (χ1n) is 8.99. The summed E-state index contributed by atoms with van der Waals surface area (Å²) >= 11 is 1.39. The van der Waals surface area contributed by atoms with E-state index in [1.807, 2.05) is 42.2 Å². The summed E-state index contributed by atoms with van der Waals surface area (Å²) in [5.74, 6) is -0.126. The third-order valence-corrected chi connectivity index (χ3v) is 5.58. The van der Waals surface area contributed by atoms with Gasteiger partial charge in [0.2, 0.25) is 11.8 Å². The van der Waals surface area contributed by atoms with Gasteiger partial charge in [0, 0.05) is 23.9 Å². The predicted octanol–water partition coefficient (Wildman–Crippen LogP) is 3.96. The highest BCUT2D eigenvalue weighted by atomic mass is 32.1. The highest BCUT2D eigenvalue weighted by molar-refractivity contribution is 7.16. The number of anilines is 1. The van der Waals surface area contributed by atoms with E-state index >= 15 is 0 Å². The molecule has 0 radical (unpaired) electrons. The minimum atomic E-state index is -0.270. The molecule has 0 fully saturated rings. The Labute approximate surface area is 162 Å². The Morgan fingerprint density at radius 1 is 1.33 bits per heavy atom. The molecule has 0 aliphatic carbocycles. The van der Waals surface area contributed by atoms with E-state index in [9.17, 15) is 14.9 Å². The molecule has 3 rings (SSSR count). The lowest BCUT2D eigenvalue weighted by Gasteiger charge is -2.26. The van der Waals surface area contributed by atoms with E-state index in [0.29, 0.717) is 36.5 Å². The number of carbonyl (C=O) groups is 2. The summed E-state index contributed by atoms with van der Waals surface area (Å²) in [6, 6.07) is 11.8. The van der Waals surface area contributed by atoms with Crippen LogP contribution in [0.4, 0.5) is 5.00 Å². The minimum absolute atomic E-state index is 0.145. The fourth-order valence-electron chi connectivity index (χ4n) is 3.08. The van der Waals surface area contributed by atoms with Crippen LogP contribution in [0.25, 0.3) is 6.08 Å². The molecule has 2 aromatic rings. The van der Waals surface area contributed by atoms with Crippen molar-refractivity contribution in [3.8, 4) is 6.07 Å². The van der Waals surface area contributed by atoms with Gasteiger partial charge in [0.25, 0.3) is 0 Å². The van der Waals surface area contributed by atoms with Crippen molar-refractivity contribution in [2.75, 3.05) is 11.9 Å². The van der Waals surface area contributed by atoms with Gasteiger partial charge in [-0.3, -0.25) is 9.59 Å². The van der Waals surface area contributed by atoms with Crippen molar-refractivity contribution in [3.63, 3.8) is 0 Å². The number of hydrogen-bond acceptors (Lipinski definition) is 4. The van der Waals surface area contributed by atoms with Gasteiger partial charge in [0.15, 0.2) is 0 Å². The molecule has 0 unspecified atom stereocenters. The van der Waals surface area contributed by atoms with Gasteiger partial charge in [-0.05, 0) is 30.0 Å². The van der Waals surface area contributed by atoms with E-state index in [1.54, 1.807) is 6.08 Å². The van der Waals surface area contributed by atoms with E-state index in [4.69, 9.17) is 0 Å². The topological polar surface area (TPSA) is 73.2 Å². The molecule has 2 heterocycles. The molecule has 1 aliphatic heterocycles. The largest absolute Gasteiger partial charge is 0.337 e. The maximum Gasteiger partial charge on any atom is 0.249 e. The third kappa shape index (κ3) is 4.44. The molecule has 1 N–H and O–H groups in total. The number of nitriles is 1. The standard InChI is InChI=1S/C21H21N3O2S/c1-2-6-20(26)24-12-11-16-17(13-22)21(27-18(16)14-24)23-19(25)10-9-15-7-4-3-5-8-15/h3-5,7-10H,2,6,11-12,14H2,1H3,(H,23,25)/b10-9+.